The van der Waals surface area contributed by atoms with Gasteiger partial charge in [-0.2, -0.15) is 0 Å². The van der Waals surface area contributed by atoms with Crippen molar-refractivity contribution >= 4 is 26.8 Å². The van der Waals surface area contributed by atoms with Crippen molar-refractivity contribution < 1.29 is 17.9 Å². The van der Waals surface area contributed by atoms with Crippen molar-refractivity contribution in [3.63, 3.8) is 0 Å². The van der Waals surface area contributed by atoms with Gasteiger partial charge in [0.2, 0.25) is 10.0 Å². The number of ether oxygens (including phenoxy) is 1. The van der Waals surface area contributed by atoms with Gasteiger partial charge in [0.15, 0.2) is 0 Å². The molecule has 0 unspecified atom stereocenters. The lowest BCUT2D eigenvalue weighted by molar-refractivity contribution is -0.144. The van der Waals surface area contributed by atoms with Crippen LogP contribution in [0.25, 0.3) is 10.8 Å². The summed E-state index contributed by atoms with van der Waals surface area (Å²) in [5.41, 5.74) is 0.887. The second-order valence-electron chi connectivity index (χ2n) is 5.80. The number of carbonyl (C=O) groups is 1. The molecular weight excluding hydrogens is 350 g/mol. The van der Waals surface area contributed by atoms with Gasteiger partial charge >= 0.3 is 5.97 Å². The highest BCUT2D eigenvalue weighted by atomic mass is 32.2. The van der Waals surface area contributed by atoms with Crippen LogP contribution in [0.15, 0.2) is 77.7 Å². The summed E-state index contributed by atoms with van der Waals surface area (Å²) in [4.78, 5) is 11.9. The van der Waals surface area contributed by atoms with E-state index in [0.717, 1.165) is 16.3 Å². The molecule has 3 rings (SSSR count). The zero-order valence-electron chi connectivity index (χ0n) is 14.1. The molecule has 0 saturated carbocycles. The maximum absolute atomic E-state index is 12.4. The van der Waals surface area contributed by atoms with E-state index in [2.05, 4.69) is 4.72 Å². The van der Waals surface area contributed by atoms with Crippen LogP contribution in [0.5, 0.6) is 0 Å². The molecule has 0 aliphatic rings. The number of carbonyl (C=O) groups excluding carboxylic acids is 1. The Hall–Kier alpha value is -2.70. The first-order valence-electron chi connectivity index (χ1n) is 8.23. The Morgan fingerprint density at radius 1 is 0.885 bits per heavy atom. The lowest BCUT2D eigenvalue weighted by Crippen LogP contribution is -2.26. The Balaban J connectivity index is 1.53. The van der Waals surface area contributed by atoms with Crippen LogP contribution in [0, 0.1) is 0 Å². The molecule has 3 aromatic rings. The molecule has 0 saturated heterocycles. The number of hydrogen-bond donors (Lipinski definition) is 1. The molecule has 0 amide bonds. The molecule has 0 heterocycles. The summed E-state index contributed by atoms with van der Waals surface area (Å²) < 4.78 is 32.3. The third kappa shape index (κ3) is 4.68. The fraction of sp³-hybridized carbons (Fsp3) is 0.150. The predicted molar refractivity (Wildman–Crippen MR) is 100.0 cm³/mol. The van der Waals surface area contributed by atoms with Crippen LogP contribution in [-0.2, 0) is 26.2 Å². The summed E-state index contributed by atoms with van der Waals surface area (Å²) in [5, 5.41) is 1.81. The summed E-state index contributed by atoms with van der Waals surface area (Å²) in [6, 6.07) is 21.8. The van der Waals surface area contributed by atoms with Gasteiger partial charge in [-0.15, -0.1) is 0 Å². The van der Waals surface area contributed by atoms with Crippen LogP contribution in [0.2, 0.25) is 0 Å². The van der Waals surface area contributed by atoms with Crippen molar-refractivity contribution in [2.24, 2.45) is 0 Å². The quantitative estimate of drug-likeness (QED) is 0.649. The van der Waals surface area contributed by atoms with Gasteiger partial charge in [0, 0.05) is 6.54 Å². The molecule has 0 bridgehead atoms. The number of sulfonamides is 1. The van der Waals surface area contributed by atoms with E-state index in [-0.39, 0.29) is 24.5 Å². The minimum Gasteiger partial charge on any atom is -0.461 e. The van der Waals surface area contributed by atoms with E-state index in [4.69, 9.17) is 4.74 Å². The molecule has 0 spiro atoms. The zero-order valence-corrected chi connectivity index (χ0v) is 14.9. The third-order valence-electron chi connectivity index (χ3n) is 3.90. The van der Waals surface area contributed by atoms with Crippen molar-refractivity contribution in [1.29, 1.82) is 0 Å². The monoisotopic (exact) mass is 369 g/mol. The lowest BCUT2D eigenvalue weighted by atomic mass is 10.1. The molecule has 1 N–H and O–H groups in total. The molecular formula is C20H19NO4S. The first kappa shape index (κ1) is 18.1. The summed E-state index contributed by atoms with van der Waals surface area (Å²) in [7, 11) is -3.67. The van der Waals surface area contributed by atoms with Gasteiger partial charge in [0.05, 0.1) is 11.3 Å². The van der Waals surface area contributed by atoms with Crippen molar-refractivity contribution in [2.75, 3.05) is 6.54 Å². The molecule has 0 fully saturated rings. The normalized spacial score (nSPS) is 11.4. The van der Waals surface area contributed by atoms with Crippen molar-refractivity contribution in [3.8, 4) is 0 Å². The Bertz CT molecular complexity index is 1000. The van der Waals surface area contributed by atoms with Crippen molar-refractivity contribution in [3.05, 3.63) is 78.4 Å². The topological polar surface area (TPSA) is 72.5 Å². The molecule has 134 valence electrons. The van der Waals surface area contributed by atoms with Gasteiger partial charge in [-0.3, -0.25) is 4.79 Å². The van der Waals surface area contributed by atoms with Crippen LogP contribution in [0.1, 0.15) is 12.0 Å². The van der Waals surface area contributed by atoms with Gasteiger partial charge in [-0.25, -0.2) is 13.1 Å². The van der Waals surface area contributed by atoms with E-state index >= 15 is 0 Å². The molecule has 26 heavy (non-hydrogen) atoms. The Labute approximate surface area is 152 Å². The average molecular weight is 369 g/mol. The summed E-state index contributed by atoms with van der Waals surface area (Å²) in [5.74, 6) is -0.449. The van der Waals surface area contributed by atoms with Crippen LogP contribution in [0.3, 0.4) is 0 Å². The number of fused-ring (bicyclic) bond motifs is 1. The maximum atomic E-state index is 12.4. The molecule has 0 aromatic heterocycles. The second kappa shape index (κ2) is 8.12. The van der Waals surface area contributed by atoms with Crippen LogP contribution in [0.4, 0.5) is 0 Å². The van der Waals surface area contributed by atoms with Crippen LogP contribution in [-0.4, -0.2) is 20.9 Å². The van der Waals surface area contributed by atoms with E-state index in [1.165, 1.54) is 0 Å². The van der Waals surface area contributed by atoms with E-state index in [9.17, 15) is 13.2 Å². The number of rotatable bonds is 7. The minimum absolute atomic E-state index is 0.0111. The first-order valence-corrected chi connectivity index (χ1v) is 9.71. The summed E-state index contributed by atoms with van der Waals surface area (Å²) in [6.45, 7) is 0.167. The van der Waals surface area contributed by atoms with Crippen molar-refractivity contribution in [2.45, 2.75) is 17.9 Å². The van der Waals surface area contributed by atoms with Gasteiger partial charge in [-0.05, 0) is 28.5 Å². The van der Waals surface area contributed by atoms with Crippen molar-refractivity contribution in [1.82, 2.24) is 4.72 Å². The zero-order chi connectivity index (χ0) is 18.4. The number of nitrogens with one attached hydrogen (secondary N) is 1. The Morgan fingerprint density at radius 2 is 1.58 bits per heavy atom. The van der Waals surface area contributed by atoms with Crippen LogP contribution < -0.4 is 4.72 Å². The van der Waals surface area contributed by atoms with Gasteiger partial charge < -0.3 is 4.74 Å². The van der Waals surface area contributed by atoms with E-state index in [1.54, 1.807) is 18.2 Å². The standard InChI is InChI=1S/C20H19NO4S/c22-20(25-15-16-6-2-1-3-7-16)12-13-21-26(23,24)19-11-10-17-8-4-5-9-18(17)14-19/h1-11,14,21H,12-13,15H2. The number of esters is 1. The van der Waals surface area contributed by atoms with E-state index in [0.29, 0.717) is 0 Å². The summed E-state index contributed by atoms with van der Waals surface area (Å²) >= 11 is 0. The van der Waals surface area contributed by atoms with E-state index < -0.39 is 16.0 Å². The maximum Gasteiger partial charge on any atom is 0.307 e. The third-order valence-corrected chi connectivity index (χ3v) is 5.35. The molecule has 0 atom stereocenters. The second-order valence-corrected chi connectivity index (χ2v) is 7.57. The molecule has 0 radical (unpaired) electrons. The average Bonchev–Trinajstić information content (AvgIpc) is 2.66. The van der Waals surface area contributed by atoms with E-state index in [1.807, 2.05) is 54.6 Å². The fourth-order valence-electron chi connectivity index (χ4n) is 2.52. The highest BCUT2D eigenvalue weighted by Gasteiger charge is 2.15. The van der Waals surface area contributed by atoms with Gasteiger partial charge in [0.25, 0.3) is 0 Å². The number of hydrogen-bond acceptors (Lipinski definition) is 4. The Kier molecular flexibility index (Phi) is 5.65. The highest BCUT2D eigenvalue weighted by Crippen LogP contribution is 2.18. The lowest BCUT2D eigenvalue weighted by Gasteiger charge is -2.08. The van der Waals surface area contributed by atoms with Gasteiger partial charge in [-0.1, -0.05) is 60.7 Å². The largest absolute Gasteiger partial charge is 0.461 e. The first-order chi connectivity index (χ1) is 12.5. The Morgan fingerprint density at radius 3 is 2.35 bits per heavy atom. The predicted octanol–water partition coefficient (Wildman–Crippen LogP) is 3.25. The highest BCUT2D eigenvalue weighted by molar-refractivity contribution is 7.89. The minimum atomic E-state index is -3.67. The molecule has 3 aromatic carbocycles. The molecule has 6 heteroatoms. The molecule has 0 aliphatic heterocycles. The fourth-order valence-corrected chi connectivity index (χ4v) is 3.58. The van der Waals surface area contributed by atoms with Gasteiger partial charge in [0.1, 0.15) is 6.61 Å². The molecule has 0 aliphatic carbocycles. The smallest absolute Gasteiger partial charge is 0.307 e. The number of benzene rings is 3. The molecule has 5 nitrogen and oxygen atoms in total. The SMILES string of the molecule is O=C(CCNS(=O)(=O)c1ccc2ccccc2c1)OCc1ccccc1. The summed E-state index contributed by atoms with van der Waals surface area (Å²) in [6.07, 6.45) is -0.0281. The van der Waals surface area contributed by atoms with Crippen LogP contribution >= 0.6 is 0 Å².